The van der Waals surface area contributed by atoms with Gasteiger partial charge < -0.3 is 43.9 Å². The Balaban J connectivity index is 0.977. The molecular formula is C37H49N5O7. The third-order valence-electron chi connectivity index (χ3n) is 11.0. The molecule has 3 fully saturated rings. The fraction of sp³-hybridized carbons (Fsp3) is 0.595. The van der Waals surface area contributed by atoms with Crippen LogP contribution < -0.4 is 14.8 Å². The number of carbonyl (C=O) groups excluding carboxylic acids is 3. The van der Waals surface area contributed by atoms with Crippen LogP contribution in [-0.4, -0.2) is 128 Å². The van der Waals surface area contributed by atoms with Crippen molar-refractivity contribution in [3.05, 3.63) is 53.6 Å². The standard InChI is InChI=1S/C37H49N5O7/c1-46-30-13-19-39(20-14-30)28-9-15-40(16-10-28)35(43)34(25-26-6-7-32-33(24-26)48-23-22-47-32)49-37(45)41-17-11-29(12-18-41)42-21-8-27-4-2-3-5-31(27)38-36(42)44/h2-7,24,28-30,34H,8-23,25H2,1H3,(H,38,44)/t34-/m1/s1. The number of methoxy groups -OCH3 is 1. The second kappa shape index (κ2) is 15.2. The Labute approximate surface area is 288 Å². The first-order valence-corrected chi connectivity index (χ1v) is 18.0. The van der Waals surface area contributed by atoms with Crippen molar-refractivity contribution in [1.82, 2.24) is 19.6 Å². The van der Waals surface area contributed by atoms with Crippen molar-refractivity contribution in [1.29, 1.82) is 0 Å². The summed E-state index contributed by atoms with van der Waals surface area (Å²) in [7, 11) is 1.79. The summed E-state index contributed by atoms with van der Waals surface area (Å²) in [6.45, 7) is 5.82. The van der Waals surface area contributed by atoms with E-state index in [4.69, 9.17) is 18.9 Å². The quantitative estimate of drug-likeness (QED) is 0.466. The second-order valence-electron chi connectivity index (χ2n) is 13.8. The molecule has 7 rings (SSSR count). The Hall–Kier alpha value is -4.03. The Bertz CT molecular complexity index is 1480. The van der Waals surface area contributed by atoms with Gasteiger partial charge in [-0.05, 0) is 74.3 Å². The number of para-hydroxylation sites is 1. The molecule has 4 amide bonds. The highest BCUT2D eigenvalue weighted by Gasteiger charge is 2.37. The zero-order chi connectivity index (χ0) is 33.7. The van der Waals surface area contributed by atoms with Crippen LogP contribution in [0.25, 0.3) is 0 Å². The third kappa shape index (κ3) is 7.75. The second-order valence-corrected chi connectivity index (χ2v) is 13.8. The molecule has 0 saturated carbocycles. The maximum absolute atomic E-state index is 14.1. The van der Waals surface area contributed by atoms with Crippen LogP contribution in [0.1, 0.15) is 49.7 Å². The summed E-state index contributed by atoms with van der Waals surface area (Å²) in [5.41, 5.74) is 2.84. The van der Waals surface area contributed by atoms with Crippen LogP contribution in [0.3, 0.4) is 0 Å². The number of carbonyl (C=O) groups is 3. The molecule has 5 heterocycles. The van der Waals surface area contributed by atoms with Gasteiger partial charge in [-0.1, -0.05) is 24.3 Å². The molecule has 264 valence electrons. The summed E-state index contributed by atoms with van der Waals surface area (Å²) < 4.78 is 23.1. The predicted molar refractivity (Wildman–Crippen MR) is 183 cm³/mol. The Kier molecular flexibility index (Phi) is 10.4. The van der Waals surface area contributed by atoms with Crippen LogP contribution in [0, 0.1) is 0 Å². The molecule has 0 bridgehead atoms. The lowest BCUT2D eigenvalue weighted by Gasteiger charge is -2.42. The van der Waals surface area contributed by atoms with Gasteiger partial charge in [-0.15, -0.1) is 0 Å². The minimum atomic E-state index is -0.961. The molecule has 5 aliphatic rings. The van der Waals surface area contributed by atoms with E-state index in [9.17, 15) is 14.4 Å². The molecule has 1 atom stereocenters. The number of amides is 4. The van der Waals surface area contributed by atoms with Crippen molar-refractivity contribution in [3.8, 4) is 11.5 Å². The molecule has 0 aromatic heterocycles. The van der Waals surface area contributed by atoms with Gasteiger partial charge in [0.15, 0.2) is 17.6 Å². The first kappa shape index (κ1) is 33.5. The van der Waals surface area contributed by atoms with E-state index in [1.807, 2.05) is 46.2 Å². The molecule has 2 aromatic carbocycles. The molecule has 3 saturated heterocycles. The largest absolute Gasteiger partial charge is 0.486 e. The number of urea groups is 1. The van der Waals surface area contributed by atoms with Gasteiger partial charge in [-0.3, -0.25) is 4.79 Å². The number of ether oxygens (including phenoxy) is 4. The number of hydrogen-bond donors (Lipinski definition) is 1. The molecule has 0 aliphatic carbocycles. The van der Waals surface area contributed by atoms with Gasteiger partial charge in [0.05, 0.1) is 6.10 Å². The summed E-state index contributed by atoms with van der Waals surface area (Å²) in [5.74, 6) is 1.16. The number of likely N-dealkylation sites (tertiary alicyclic amines) is 3. The van der Waals surface area contributed by atoms with E-state index < -0.39 is 12.2 Å². The molecule has 5 aliphatic heterocycles. The van der Waals surface area contributed by atoms with Crippen LogP contribution in [0.15, 0.2) is 42.5 Å². The summed E-state index contributed by atoms with van der Waals surface area (Å²) >= 11 is 0. The van der Waals surface area contributed by atoms with Crippen LogP contribution >= 0.6 is 0 Å². The van der Waals surface area contributed by atoms with Crippen molar-refractivity contribution in [2.45, 2.75) is 75.7 Å². The van der Waals surface area contributed by atoms with Gasteiger partial charge in [0.25, 0.3) is 5.91 Å². The molecule has 1 N–H and O–H groups in total. The van der Waals surface area contributed by atoms with E-state index in [1.54, 1.807) is 12.0 Å². The number of piperidine rings is 3. The Morgan fingerprint density at radius 3 is 2.29 bits per heavy atom. The van der Waals surface area contributed by atoms with E-state index in [-0.39, 0.29) is 24.4 Å². The van der Waals surface area contributed by atoms with E-state index in [0.29, 0.717) is 82.4 Å². The maximum atomic E-state index is 14.1. The highest BCUT2D eigenvalue weighted by molar-refractivity contribution is 5.91. The fourth-order valence-corrected chi connectivity index (χ4v) is 8.03. The average Bonchev–Trinajstić information content (AvgIpc) is 3.32. The van der Waals surface area contributed by atoms with Gasteiger partial charge in [0.1, 0.15) is 13.2 Å². The molecule has 12 nitrogen and oxygen atoms in total. The number of fused-ring (bicyclic) bond motifs is 2. The van der Waals surface area contributed by atoms with Crippen molar-refractivity contribution in [2.24, 2.45) is 0 Å². The SMILES string of the molecule is COC1CCN(C2CCN(C(=O)[C@@H](Cc3ccc4c(c3)OCCO4)OC(=O)N3CCC(N4CCc5ccccc5NC4=O)CC3)CC2)CC1. The minimum absolute atomic E-state index is 0.0232. The zero-order valence-electron chi connectivity index (χ0n) is 28.5. The molecule has 2 aromatic rings. The lowest BCUT2D eigenvalue weighted by Crippen LogP contribution is -2.53. The number of nitrogens with zero attached hydrogens (tertiary/aromatic N) is 4. The van der Waals surface area contributed by atoms with Crippen molar-refractivity contribution in [3.63, 3.8) is 0 Å². The van der Waals surface area contributed by atoms with Crippen LogP contribution in [0.5, 0.6) is 11.5 Å². The topological polar surface area (TPSA) is 113 Å². The summed E-state index contributed by atoms with van der Waals surface area (Å²) in [5, 5.41) is 3.06. The first-order chi connectivity index (χ1) is 23.9. The van der Waals surface area contributed by atoms with Crippen LogP contribution in [0.2, 0.25) is 0 Å². The monoisotopic (exact) mass is 675 g/mol. The molecule has 49 heavy (non-hydrogen) atoms. The van der Waals surface area contributed by atoms with Crippen molar-refractivity contribution < 1.29 is 33.3 Å². The van der Waals surface area contributed by atoms with E-state index in [0.717, 1.165) is 62.0 Å². The molecular weight excluding hydrogens is 626 g/mol. The highest BCUT2D eigenvalue weighted by Crippen LogP contribution is 2.32. The lowest BCUT2D eigenvalue weighted by atomic mass is 9.98. The number of anilines is 1. The summed E-state index contributed by atoms with van der Waals surface area (Å²) in [6.07, 6.45) is 5.10. The van der Waals surface area contributed by atoms with Crippen molar-refractivity contribution in [2.75, 3.05) is 71.5 Å². The summed E-state index contributed by atoms with van der Waals surface area (Å²) in [6, 6.07) is 13.9. The number of benzene rings is 2. The summed E-state index contributed by atoms with van der Waals surface area (Å²) in [4.78, 5) is 48.9. The normalized spacial score (nSPS) is 21.8. The highest BCUT2D eigenvalue weighted by atomic mass is 16.6. The van der Waals surface area contributed by atoms with Crippen LogP contribution in [-0.2, 0) is 27.1 Å². The average molecular weight is 676 g/mol. The number of hydrogen-bond acceptors (Lipinski definition) is 8. The number of nitrogens with one attached hydrogen (secondary N) is 1. The van der Waals surface area contributed by atoms with Crippen LogP contribution in [0.4, 0.5) is 15.3 Å². The molecule has 0 spiro atoms. The van der Waals surface area contributed by atoms with Gasteiger partial charge in [0.2, 0.25) is 0 Å². The molecule has 0 radical (unpaired) electrons. The predicted octanol–water partition coefficient (Wildman–Crippen LogP) is 4.16. The third-order valence-corrected chi connectivity index (χ3v) is 11.0. The fourth-order valence-electron chi connectivity index (χ4n) is 8.03. The van der Waals surface area contributed by atoms with Gasteiger partial charge in [0, 0.05) is 77.1 Å². The minimum Gasteiger partial charge on any atom is -0.486 e. The van der Waals surface area contributed by atoms with E-state index >= 15 is 0 Å². The van der Waals surface area contributed by atoms with E-state index in [1.165, 1.54) is 0 Å². The maximum Gasteiger partial charge on any atom is 0.410 e. The zero-order valence-corrected chi connectivity index (χ0v) is 28.5. The molecule has 0 unspecified atom stereocenters. The van der Waals surface area contributed by atoms with Gasteiger partial charge in [-0.2, -0.15) is 0 Å². The number of rotatable bonds is 7. The lowest BCUT2D eigenvalue weighted by molar-refractivity contribution is -0.142. The van der Waals surface area contributed by atoms with E-state index in [2.05, 4.69) is 16.3 Å². The van der Waals surface area contributed by atoms with Gasteiger partial charge >= 0.3 is 12.1 Å². The van der Waals surface area contributed by atoms with Gasteiger partial charge in [-0.25, -0.2) is 9.59 Å². The first-order valence-electron chi connectivity index (χ1n) is 18.0. The smallest absolute Gasteiger partial charge is 0.410 e. The molecule has 12 heteroatoms. The Morgan fingerprint density at radius 2 is 1.53 bits per heavy atom. The van der Waals surface area contributed by atoms with Crippen molar-refractivity contribution >= 4 is 23.7 Å². The Morgan fingerprint density at radius 1 is 0.837 bits per heavy atom.